The van der Waals surface area contributed by atoms with Gasteiger partial charge in [0.25, 0.3) is 0 Å². The van der Waals surface area contributed by atoms with Crippen molar-refractivity contribution in [2.45, 2.75) is 357 Å². The van der Waals surface area contributed by atoms with E-state index in [-0.39, 0.29) is 253 Å². The Bertz CT molecular complexity index is 4040. The van der Waals surface area contributed by atoms with Gasteiger partial charge in [0.15, 0.2) is 0 Å². The quantitative estimate of drug-likeness (QED) is 0.249. The normalized spacial score (nSPS) is 62.7. The van der Waals surface area contributed by atoms with Gasteiger partial charge in [-0.05, 0) is 574 Å². The van der Waals surface area contributed by atoms with E-state index < -0.39 is 0 Å². The molecule has 27 aliphatic carbocycles. The molecule has 0 aromatic carbocycles. The fraction of sp³-hybridized carbons (Fsp3) is 1.00. The van der Waals surface area contributed by atoms with E-state index in [1.807, 2.05) is 0 Å². The van der Waals surface area contributed by atoms with E-state index in [2.05, 4.69) is 138 Å². The molecule has 1 spiro atoms. The Balaban J connectivity index is 0.00000117. The molecule has 0 aromatic rings. The van der Waals surface area contributed by atoms with E-state index in [0.29, 0.717) is 10.8 Å². The summed E-state index contributed by atoms with van der Waals surface area (Å²) in [5.74, 6) is 66.9. The Kier molecular flexibility index (Phi) is 37.8. The van der Waals surface area contributed by atoms with Crippen LogP contribution in [0, 0.1) is 413 Å². The number of hydrogen-bond donors (Lipinski definition) is 0. The average molecular weight is 3890 g/mol. The summed E-state index contributed by atoms with van der Waals surface area (Å²) in [5.41, 5.74) is 1.08. The molecule has 764 valence electrons. The summed E-state index contributed by atoms with van der Waals surface area (Å²) in [4.78, 5) is 0. The predicted molar refractivity (Wildman–Crippen MR) is 513 cm³/mol. The number of fused-ring (bicyclic) bond motifs is 12. The Hall–Kier alpha value is 8.26. The molecule has 14 bridgehead atoms. The summed E-state index contributed by atoms with van der Waals surface area (Å²) < 4.78 is 0. The first-order chi connectivity index (χ1) is 60.0. The van der Waals surface area contributed by atoms with Crippen LogP contribution in [0.15, 0.2) is 0 Å². The second-order valence-corrected chi connectivity index (χ2v) is 59.2. The molecule has 0 aliphatic heterocycles. The summed E-state index contributed by atoms with van der Waals surface area (Å²) >= 11 is 0. The van der Waals surface area contributed by atoms with E-state index in [4.69, 9.17) is 0 Å². The van der Waals surface area contributed by atoms with Gasteiger partial charge >= 0.3 is 0 Å². The molecule has 0 aromatic heterocycles. The van der Waals surface area contributed by atoms with Crippen LogP contribution in [0.3, 0.4) is 0 Å². The van der Waals surface area contributed by atoms with Crippen LogP contribution in [0.4, 0.5) is 0 Å². The third kappa shape index (κ3) is 15.9. The van der Waals surface area contributed by atoms with Gasteiger partial charge in [0.2, 0.25) is 0 Å². The zero-order valence-corrected chi connectivity index (χ0v) is 124. The second kappa shape index (κ2) is 43.5. The second-order valence-electron chi connectivity index (χ2n) is 59.2. The molecule has 27 fully saturated rings. The first kappa shape index (κ1) is 118. The fourth-order valence-corrected chi connectivity index (χ4v) is 57.8. The van der Waals surface area contributed by atoms with Crippen molar-refractivity contribution in [2.75, 3.05) is 0 Å². The molecular formula is C124H196W12. The third-order valence-corrected chi connectivity index (χ3v) is 59.5. The maximum atomic E-state index is 3.21. The van der Waals surface area contributed by atoms with Crippen molar-refractivity contribution in [1.82, 2.24) is 0 Å². The van der Waals surface area contributed by atoms with Crippen LogP contribution < -0.4 is 0 Å². The van der Waals surface area contributed by atoms with Crippen molar-refractivity contribution in [2.24, 2.45) is 413 Å². The Morgan fingerprint density at radius 2 is 0.596 bits per heavy atom. The van der Waals surface area contributed by atoms with Gasteiger partial charge in [0, 0.05) is 253 Å². The topological polar surface area (TPSA) is 0 Å². The Morgan fingerprint density at radius 3 is 1.27 bits per heavy atom. The van der Waals surface area contributed by atoms with E-state index in [9.17, 15) is 0 Å². The first-order valence-corrected chi connectivity index (χ1v) is 60.0. The summed E-state index contributed by atoms with van der Waals surface area (Å²) in [5, 5.41) is 0. The maximum absolute atomic E-state index is 3.21. The van der Waals surface area contributed by atoms with E-state index >= 15 is 0 Å². The minimum absolute atomic E-state index is 0. The molecule has 0 amide bonds. The van der Waals surface area contributed by atoms with Gasteiger partial charge in [-0.2, -0.15) is 0 Å². The molecule has 27 rings (SSSR count). The summed E-state index contributed by atoms with van der Waals surface area (Å²) in [6, 6.07) is 0. The minimum Gasteiger partial charge on any atom is -0.0651 e. The molecule has 27 saturated carbocycles. The maximum Gasteiger partial charge on any atom is 0 e. The molecular weight excluding hydrogens is 3700 g/mol. The average Bonchev–Trinajstić information content (AvgIpc) is 1.39. The summed E-state index contributed by atoms with van der Waals surface area (Å²) in [7, 11) is 0. The van der Waals surface area contributed by atoms with E-state index in [0.717, 1.165) is 402 Å². The van der Waals surface area contributed by atoms with Gasteiger partial charge in [-0.1, -0.05) is 196 Å². The third-order valence-electron chi connectivity index (χ3n) is 59.5. The minimum atomic E-state index is 0. The SMILES string of the molecule is CCC1CC(C)C2C3C1CC1C4C5CCC6C(C)C(CC)C(C)C7CC8C(CC)C9CC%10C(C)C(C)[C@@]%11(C)C[C@H]%12CCC%11C%10CC9C(CCCC9C%10CC%11C%12C(C)CC%12CC[C@H](C)C%13C(C)[C@H](C)C(CC)C%14CC%15C(CC)C%16CC%17C(CC)C(C)C%18C%19C%17CC%16C%16CC[C@@H]%17C(C%20CC(C4C[C@H]9%20)C(CC[C@@H]%19C)[C@@H]1[C@@H]3[C@@H]([C@@H]2C)[C@H]%18C)C%10[C@@H](C%17[C@@H](C%16%15)C%14%13)[C@@H]%12%11)C8C[C@@]67C5.[W].[W].[W].[W].[W].[W].[W].[W].[W].[W].[W].[W]. The van der Waals surface area contributed by atoms with Gasteiger partial charge < -0.3 is 0 Å². The van der Waals surface area contributed by atoms with Crippen LogP contribution in [0.1, 0.15) is 357 Å². The number of rotatable bonds is 6. The zero-order chi connectivity index (χ0) is 84.3. The summed E-state index contributed by atoms with van der Waals surface area (Å²) in [6.45, 7) is 59.9. The van der Waals surface area contributed by atoms with Gasteiger partial charge in [-0.25, -0.2) is 0 Å². The van der Waals surface area contributed by atoms with E-state index in [1.165, 1.54) is 38.5 Å². The monoisotopic (exact) mass is 3890 g/mol. The van der Waals surface area contributed by atoms with Crippen LogP contribution in [0.2, 0.25) is 0 Å². The van der Waals surface area contributed by atoms with Gasteiger partial charge in [-0.15, -0.1) is 0 Å². The van der Waals surface area contributed by atoms with Crippen LogP contribution in [-0.2, 0) is 253 Å². The molecule has 0 heterocycles. The van der Waals surface area contributed by atoms with Crippen LogP contribution >= 0.6 is 0 Å². The van der Waals surface area contributed by atoms with E-state index in [1.54, 1.807) is 180 Å². The predicted octanol–water partition coefficient (Wildman–Crippen LogP) is 31.9. The molecule has 136 heavy (non-hydrogen) atoms. The van der Waals surface area contributed by atoms with Gasteiger partial charge in [-0.3, -0.25) is 0 Å². The summed E-state index contributed by atoms with van der Waals surface area (Å²) in [6.07, 6.45) is 56.3. The van der Waals surface area contributed by atoms with Crippen molar-refractivity contribution in [1.29, 1.82) is 0 Å². The van der Waals surface area contributed by atoms with Crippen molar-refractivity contribution in [3.05, 3.63) is 0 Å². The molecule has 70 atom stereocenters. The first-order valence-electron chi connectivity index (χ1n) is 60.0. The fourth-order valence-electron chi connectivity index (χ4n) is 57.8. The van der Waals surface area contributed by atoms with Crippen molar-refractivity contribution >= 4 is 0 Å². The molecule has 54 unspecified atom stereocenters. The largest absolute Gasteiger partial charge is 0.0651 e. The smallest absolute Gasteiger partial charge is 0 e. The molecule has 0 saturated heterocycles. The van der Waals surface area contributed by atoms with Gasteiger partial charge in [0.05, 0.1) is 0 Å². The van der Waals surface area contributed by atoms with Crippen LogP contribution in [0.5, 0.6) is 0 Å². The Morgan fingerprint density at radius 1 is 0.184 bits per heavy atom. The molecule has 0 N–H and O–H groups in total. The Labute approximate surface area is 1010 Å². The van der Waals surface area contributed by atoms with Gasteiger partial charge in [0.1, 0.15) is 0 Å². The molecule has 0 nitrogen and oxygen atoms in total. The van der Waals surface area contributed by atoms with Crippen molar-refractivity contribution < 1.29 is 253 Å². The van der Waals surface area contributed by atoms with Crippen LogP contribution in [-0.4, -0.2) is 0 Å². The number of hydrogen-bond acceptors (Lipinski definition) is 0. The van der Waals surface area contributed by atoms with Crippen LogP contribution in [0.25, 0.3) is 0 Å². The molecule has 12 heteroatoms. The molecule has 0 radical (unpaired) electrons. The van der Waals surface area contributed by atoms with Crippen molar-refractivity contribution in [3.63, 3.8) is 0 Å². The zero-order valence-electron chi connectivity index (χ0n) is 89.2. The standard InChI is InChI=1S/C124H196.12W/c1-21-68-40-57(9)106-65(17)110-66(18)109-64(16)74(24-4)84-44-86-76(26-6)94-49-93-73(23-3)59(11)60(12)105-55(7)30-32-69-41-58(10)107-70-34-39-103-92-45-87-78-29-27-28-77-88-46-97-90-48-98(88)115-81-37-36-80(113(94)122(118(93)105)116(81)121-112(69)99(107)50-95(77)119(115)121)89(86)47-96(84)108(109)56(8)31-35-79(90)114-100(43-83(68)117(106)120(110)114)111(97)71-33-38-102-62(14)72(22-2)63(15)104-51-91(101(78)54-124(102,104)53-71)75(25-5)85(87)42-82(92)61(13)67(19)123(103,20)52-70;;;;;;;;;;;;/h55-122H,21-54H2,1-20H3;;;;;;;;;;;;/t55-,56-,57?,58?,59-,60?,61?,62?,63?,64?,65+,66-,67?,68?,69?,70+,71?,72?,73?,74?,75?,76?,77?,78?,79?,80?,81+,82?,83?,84?,85?,86?,87?,88+,89?,90?,91?,92?,93?,94?,95?,96?,97?,98?,99?,100?,101?,102?,103?,104?,105?,106?,107?,108?,109?,110-,111?,112-,113?,114-,115?,116?,117?,118?,119?,120-,121+,122+,123+,124-;;;;;;;;;;;;/m0............/s1. The molecule has 27 aliphatic rings. The van der Waals surface area contributed by atoms with Crippen molar-refractivity contribution in [3.8, 4) is 0 Å².